The monoisotopic (exact) mass is 292 g/mol. The number of methoxy groups -OCH3 is 2. The first-order chi connectivity index (χ1) is 9.63. The van der Waals surface area contributed by atoms with Crippen molar-refractivity contribution < 1.29 is 9.47 Å². The van der Waals surface area contributed by atoms with Gasteiger partial charge in [0.2, 0.25) is 0 Å². The number of nitrogens with zero attached hydrogens (tertiary/aromatic N) is 1. The molecule has 1 heterocycles. The van der Waals surface area contributed by atoms with Gasteiger partial charge in [-0.2, -0.15) is 0 Å². The number of halogens is 1. The van der Waals surface area contributed by atoms with Gasteiger partial charge in [0.1, 0.15) is 11.5 Å². The van der Waals surface area contributed by atoms with Crippen LogP contribution in [0.2, 0.25) is 5.15 Å². The van der Waals surface area contributed by atoms with Gasteiger partial charge in [0, 0.05) is 18.3 Å². The number of rotatable bonds is 5. The molecule has 20 heavy (non-hydrogen) atoms. The third-order valence-electron chi connectivity index (χ3n) is 2.93. The maximum Gasteiger partial charge on any atom is 0.152 e. The van der Waals surface area contributed by atoms with Crippen molar-refractivity contribution in [3.05, 3.63) is 46.7 Å². The molecule has 0 aliphatic rings. The van der Waals surface area contributed by atoms with E-state index in [4.69, 9.17) is 21.1 Å². The number of aryl methyl sites for hydroxylation is 1. The van der Waals surface area contributed by atoms with Crippen LogP contribution in [0.1, 0.15) is 11.1 Å². The normalized spacial score (nSPS) is 10.2. The van der Waals surface area contributed by atoms with E-state index in [9.17, 15) is 0 Å². The van der Waals surface area contributed by atoms with E-state index < -0.39 is 0 Å². The Morgan fingerprint density at radius 1 is 1.20 bits per heavy atom. The lowest BCUT2D eigenvalue weighted by Gasteiger charge is -2.13. The van der Waals surface area contributed by atoms with Gasteiger partial charge < -0.3 is 14.8 Å². The molecule has 1 aromatic carbocycles. The molecule has 2 rings (SSSR count). The van der Waals surface area contributed by atoms with Crippen LogP contribution in [0.5, 0.6) is 11.5 Å². The maximum atomic E-state index is 6.07. The highest BCUT2D eigenvalue weighted by molar-refractivity contribution is 6.31. The predicted octanol–water partition coefficient (Wildman–Crippen LogP) is 3.67. The highest BCUT2D eigenvalue weighted by Crippen LogP contribution is 2.26. The Kier molecular flexibility index (Phi) is 4.69. The van der Waals surface area contributed by atoms with Crippen molar-refractivity contribution in [2.45, 2.75) is 13.5 Å². The zero-order chi connectivity index (χ0) is 14.5. The molecule has 0 unspecified atom stereocenters. The van der Waals surface area contributed by atoms with E-state index in [-0.39, 0.29) is 0 Å². The average molecular weight is 293 g/mol. The van der Waals surface area contributed by atoms with Gasteiger partial charge in [0.25, 0.3) is 0 Å². The molecule has 0 saturated carbocycles. The van der Waals surface area contributed by atoms with Gasteiger partial charge in [-0.1, -0.05) is 11.6 Å². The molecule has 0 amide bonds. The molecule has 0 aliphatic carbocycles. The Morgan fingerprint density at radius 3 is 2.70 bits per heavy atom. The highest BCUT2D eigenvalue weighted by atomic mass is 35.5. The Balaban J connectivity index is 2.19. The van der Waals surface area contributed by atoms with Crippen LogP contribution in [-0.4, -0.2) is 19.2 Å². The standard InChI is InChI=1S/C15H17ClN2O2/c1-10-6-13(15(16)18-8-10)17-9-11-7-12(19-2)4-5-14(11)20-3/h4-8,17H,9H2,1-3H3. The lowest BCUT2D eigenvalue weighted by Crippen LogP contribution is -2.03. The molecule has 2 aromatic rings. The fraction of sp³-hybridized carbons (Fsp3) is 0.267. The number of anilines is 1. The molecule has 0 bridgehead atoms. The molecule has 0 fully saturated rings. The van der Waals surface area contributed by atoms with Gasteiger partial charge in [0.05, 0.1) is 19.9 Å². The number of hydrogen-bond donors (Lipinski definition) is 1. The van der Waals surface area contributed by atoms with Crippen molar-refractivity contribution in [3.8, 4) is 11.5 Å². The molecule has 1 aromatic heterocycles. The number of pyridine rings is 1. The molecule has 0 saturated heterocycles. The lowest BCUT2D eigenvalue weighted by atomic mass is 10.2. The predicted molar refractivity (Wildman–Crippen MR) is 80.9 cm³/mol. The zero-order valence-electron chi connectivity index (χ0n) is 11.7. The Hall–Kier alpha value is -1.94. The van der Waals surface area contributed by atoms with E-state index in [1.165, 1.54) is 0 Å². The summed E-state index contributed by atoms with van der Waals surface area (Å²) < 4.78 is 10.6. The van der Waals surface area contributed by atoms with Gasteiger partial charge in [-0.3, -0.25) is 0 Å². The van der Waals surface area contributed by atoms with E-state index in [1.54, 1.807) is 20.4 Å². The number of aromatic nitrogens is 1. The van der Waals surface area contributed by atoms with E-state index in [0.717, 1.165) is 28.3 Å². The van der Waals surface area contributed by atoms with Crippen molar-refractivity contribution in [1.82, 2.24) is 4.98 Å². The van der Waals surface area contributed by atoms with Crippen molar-refractivity contribution in [2.75, 3.05) is 19.5 Å². The van der Waals surface area contributed by atoms with Crippen LogP contribution in [0.15, 0.2) is 30.5 Å². The van der Waals surface area contributed by atoms with Crippen LogP contribution in [0.4, 0.5) is 5.69 Å². The summed E-state index contributed by atoms with van der Waals surface area (Å²) >= 11 is 6.07. The fourth-order valence-electron chi connectivity index (χ4n) is 1.89. The van der Waals surface area contributed by atoms with Gasteiger partial charge in [-0.25, -0.2) is 4.98 Å². The van der Waals surface area contributed by atoms with Crippen molar-refractivity contribution >= 4 is 17.3 Å². The zero-order valence-corrected chi connectivity index (χ0v) is 12.5. The van der Waals surface area contributed by atoms with Crippen molar-refractivity contribution in [3.63, 3.8) is 0 Å². The van der Waals surface area contributed by atoms with Crippen molar-refractivity contribution in [1.29, 1.82) is 0 Å². The third-order valence-corrected chi connectivity index (χ3v) is 3.23. The largest absolute Gasteiger partial charge is 0.497 e. The molecule has 5 heteroatoms. The summed E-state index contributed by atoms with van der Waals surface area (Å²) in [4.78, 5) is 4.11. The minimum absolute atomic E-state index is 0.456. The molecule has 1 N–H and O–H groups in total. The van der Waals surface area contributed by atoms with Crippen LogP contribution < -0.4 is 14.8 Å². The first kappa shape index (κ1) is 14.5. The van der Waals surface area contributed by atoms with Crippen molar-refractivity contribution in [2.24, 2.45) is 0 Å². The van der Waals surface area contributed by atoms with Crippen LogP contribution in [0.3, 0.4) is 0 Å². The summed E-state index contributed by atoms with van der Waals surface area (Å²) in [6.45, 7) is 2.55. The van der Waals surface area contributed by atoms with E-state index in [0.29, 0.717) is 11.7 Å². The van der Waals surface area contributed by atoms with Gasteiger partial charge in [-0.05, 0) is 36.8 Å². The van der Waals surface area contributed by atoms with Gasteiger partial charge in [-0.15, -0.1) is 0 Å². The molecule has 106 valence electrons. The number of ether oxygens (including phenoxy) is 2. The molecule has 4 nitrogen and oxygen atoms in total. The Bertz CT molecular complexity index is 602. The quantitative estimate of drug-likeness (QED) is 0.854. The lowest BCUT2D eigenvalue weighted by molar-refractivity contribution is 0.399. The number of hydrogen-bond acceptors (Lipinski definition) is 4. The minimum atomic E-state index is 0.456. The summed E-state index contributed by atoms with van der Waals surface area (Å²) in [7, 11) is 3.28. The molecule has 0 spiro atoms. The number of nitrogens with one attached hydrogen (secondary N) is 1. The first-order valence-electron chi connectivity index (χ1n) is 6.21. The number of benzene rings is 1. The second-order valence-electron chi connectivity index (χ2n) is 4.38. The summed E-state index contributed by atoms with van der Waals surface area (Å²) in [6, 6.07) is 7.64. The van der Waals surface area contributed by atoms with E-state index in [2.05, 4.69) is 10.3 Å². The Labute approximate surface area is 123 Å². The molecule has 0 atom stereocenters. The third kappa shape index (κ3) is 3.33. The summed E-state index contributed by atoms with van der Waals surface area (Å²) in [5.41, 5.74) is 2.84. The molecular weight excluding hydrogens is 276 g/mol. The second kappa shape index (κ2) is 6.48. The Morgan fingerprint density at radius 2 is 2.00 bits per heavy atom. The summed E-state index contributed by atoms with van der Waals surface area (Å²) in [6.07, 6.45) is 1.74. The first-order valence-corrected chi connectivity index (χ1v) is 6.58. The second-order valence-corrected chi connectivity index (χ2v) is 4.74. The SMILES string of the molecule is COc1ccc(OC)c(CNc2cc(C)cnc2Cl)c1. The smallest absolute Gasteiger partial charge is 0.152 e. The topological polar surface area (TPSA) is 43.4 Å². The molecule has 0 aliphatic heterocycles. The average Bonchev–Trinajstić information content (AvgIpc) is 2.47. The maximum absolute atomic E-state index is 6.07. The molecule has 0 radical (unpaired) electrons. The highest BCUT2D eigenvalue weighted by Gasteiger charge is 2.07. The minimum Gasteiger partial charge on any atom is -0.497 e. The molecular formula is C15H17ClN2O2. The summed E-state index contributed by atoms with van der Waals surface area (Å²) in [5.74, 6) is 1.59. The van der Waals surface area contributed by atoms with Crippen LogP contribution in [0, 0.1) is 6.92 Å². The van der Waals surface area contributed by atoms with E-state index in [1.807, 2.05) is 31.2 Å². The summed E-state index contributed by atoms with van der Waals surface area (Å²) in [5, 5.41) is 3.72. The van der Waals surface area contributed by atoms with Crippen LogP contribution in [0.25, 0.3) is 0 Å². The van der Waals surface area contributed by atoms with Gasteiger partial charge >= 0.3 is 0 Å². The van der Waals surface area contributed by atoms with E-state index >= 15 is 0 Å². The van der Waals surface area contributed by atoms with Crippen LogP contribution in [-0.2, 0) is 6.54 Å². The fourth-order valence-corrected chi connectivity index (χ4v) is 2.06. The van der Waals surface area contributed by atoms with Crippen LogP contribution >= 0.6 is 11.6 Å². The van der Waals surface area contributed by atoms with Gasteiger partial charge in [0.15, 0.2) is 5.15 Å².